The number of carbonyl (C=O) groups excluding carboxylic acids is 1. The van der Waals surface area contributed by atoms with Crippen molar-refractivity contribution in [2.75, 3.05) is 32.8 Å². The van der Waals surface area contributed by atoms with Gasteiger partial charge in [0.1, 0.15) is 6.04 Å². The van der Waals surface area contributed by atoms with E-state index in [1.54, 1.807) is 6.07 Å². The van der Waals surface area contributed by atoms with Gasteiger partial charge in [0.15, 0.2) is 0 Å². The molecule has 0 bridgehead atoms. The molecule has 126 valence electrons. The molecule has 2 heterocycles. The minimum atomic E-state index is -4.31. The van der Waals surface area contributed by atoms with Gasteiger partial charge in [-0.3, -0.25) is 14.6 Å². The van der Waals surface area contributed by atoms with Crippen LogP contribution in [0.1, 0.15) is 17.5 Å². The summed E-state index contributed by atoms with van der Waals surface area (Å²) in [4.78, 5) is 15.8. The van der Waals surface area contributed by atoms with E-state index in [0.717, 1.165) is 38.7 Å². The number of alkyl halides is 3. The third-order valence-corrected chi connectivity index (χ3v) is 4.42. The van der Waals surface area contributed by atoms with E-state index in [-0.39, 0.29) is 12.0 Å². The number of carbonyl (C=O) groups is 1. The van der Waals surface area contributed by atoms with E-state index in [0.29, 0.717) is 18.7 Å². The van der Waals surface area contributed by atoms with E-state index in [9.17, 15) is 18.0 Å². The summed E-state index contributed by atoms with van der Waals surface area (Å²) >= 11 is 0. The second-order valence-corrected chi connectivity index (χ2v) is 5.98. The molecule has 2 aliphatic heterocycles. The molecule has 3 rings (SSSR count). The summed E-state index contributed by atoms with van der Waals surface area (Å²) in [5, 5.41) is 0. The zero-order valence-electron chi connectivity index (χ0n) is 12.7. The lowest BCUT2D eigenvalue weighted by molar-refractivity contribution is -0.143. The van der Waals surface area contributed by atoms with Gasteiger partial charge in [-0.25, -0.2) is 0 Å². The van der Waals surface area contributed by atoms with Crippen LogP contribution in [0.4, 0.5) is 13.2 Å². The Morgan fingerprint density at radius 3 is 2.52 bits per heavy atom. The molecule has 0 aromatic heterocycles. The first-order valence-corrected chi connectivity index (χ1v) is 7.73. The molecule has 7 heteroatoms. The molecule has 23 heavy (non-hydrogen) atoms. The van der Waals surface area contributed by atoms with Gasteiger partial charge in [0, 0.05) is 39.1 Å². The van der Waals surface area contributed by atoms with Gasteiger partial charge in [-0.15, -0.1) is 0 Å². The number of rotatable bonds is 3. The molecule has 4 nitrogen and oxygen atoms in total. The van der Waals surface area contributed by atoms with E-state index in [1.165, 1.54) is 12.1 Å². The smallest absolute Gasteiger partial charge is 0.416 e. The minimum Gasteiger partial charge on any atom is -0.464 e. The largest absolute Gasteiger partial charge is 0.464 e. The summed E-state index contributed by atoms with van der Waals surface area (Å²) in [5.74, 6) is -0.156. The highest BCUT2D eigenvalue weighted by atomic mass is 19.4. The van der Waals surface area contributed by atoms with Crippen molar-refractivity contribution in [2.24, 2.45) is 0 Å². The molecule has 2 saturated heterocycles. The monoisotopic (exact) mass is 328 g/mol. The van der Waals surface area contributed by atoms with E-state index in [1.807, 2.05) is 0 Å². The van der Waals surface area contributed by atoms with Crippen LogP contribution in [0.15, 0.2) is 24.3 Å². The Morgan fingerprint density at radius 1 is 1.17 bits per heavy atom. The average Bonchev–Trinajstić information content (AvgIpc) is 2.94. The van der Waals surface area contributed by atoms with Gasteiger partial charge in [-0.2, -0.15) is 13.2 Å². The van der Waals surface area contributed by atoms with E-state index >= 15 is 0 Å². The topological polar surface area (TPSA) is 32.8 Å². The number of nitrogens with zero attached hydrogens (tertiary/aromatic N) is 2. The lowest BCUT2D eigenvalue weighted by atomic mass is 10.1. The highest BCUT2D eigenvalue weighted by Crippen LogP contribution is 2.29. The maximum Gasteiger partial charge on any atom is 0.416 e. The van der Waals surface area contributed by atoms with E-state index < -0.39 is 11.7 Å². The van der Waals surface area contributed by atoms with Crippen LogP contribution in [0, 0.1) is 0 Å². The van der Waals surface area contributed by atoms with E-state index in [4.69, 9.17) is 4.74 Å². The maximum absolute atomic E-state index is 12.7. The first kappa shape index (κ1) is 16.3. The van der Waals surface area contributed by atoms with Crippen molar-refractivity contribution in [3.05, 3.63) is 35.4 Å². The third-order valence-electron chi connectivity index (χ3n) is 4.42. The maximum atomic E-state index is 12.7. The van der Waals surface area contributed by atoms with Crippen molar-refractivity contribution in [2.45, 2.75) is 25.2 Å². The number of ether oxygens (including phenoxy) is 1. The minimum absolute atomic E-state index is 0.147. The van der Waals surface area contributed by atoms with Gasteiger partial charge >= 0.3 is 12.1 Å². The molecule has 0 saturated carbocycles. The second-order valence-electron chi connectivity index (χ2n) is 5.98. The molecule has 1 unspecified atom stereocenters. The van der Waals surface area contributed by atoms with Gasteiger partial charge in [0.25, 0.3) is 0 Å². The van der Waals surface area contributed by atoms with Crippen LogP contribution in [0.5, 0.6) is 0 Å². The molecular weight excluding hydrogens is 309 g/mol. The summed E-state index contributed by atoms with van der Waals surface area (Å²) in [5.41, 5.74) is 0.0517. The average molecular weight is 328 g/mol. The molecule has 0 radical (unpaired) electrons. The predicted molar refractivity (Wildman–Crippen MR) is 77.7 cm³/mol. The zero-order valence-corrected chi connectivity index (χ0v) is 12.7. The molecule has 0 N–H and O–H groups in total. The number of hydrogen-bond acceptors (Lipinski definition) is 4. The fourth-order valence-electron chi connectivity index (χ4n) is 3.15. The van der Waals surface area contributed by atoms with Crippen LogP contribution in [0.2, 0.25) is 0 Å². The van der Waals surface area contributed by atoms with Crippen LogP contribution < -0.4 is 0 Å². The van der Waals surface area contributed by atoms with Crippen LogP contribution in [0.3, 0.4) is 0 Å². The summed E-state index contributed by atoms with van der Waals surface area (Å²) in [6.45, 7) is 3.92. The van der Waals surface area contributed by atoms with Crippen molar-refractivity contribution in [3.8, 4) is 0 Å². The molecular formula is C16H19F3N2O2. The Bertz CT molecular complexity index is 569. The van der Waals surface area contributed by atoms with Crippen molar-refractivity contribution in [1.82, 2.24) is 9.80 Å². The first-order valence-electron chi connectivity index (χ1n) is 7.73. The van der Waals surface area contributed by atoms with E-state index in [2.05, 4.69) is 9.80 Å². The fraction of sp³-hybridized carbons (Fsp3) is 0.562. The van der Waals surface area contributed by atoms with Gasteiger partial charge in [-0.1, -0.05) is 18.2 Å². The predicted octanol–water partition coefficient (Wildman–Crippen LogP) is 2.14. The number of benzene rings is 1. The number of halogens is 3. The molecule has 1 aromatic rings. The number of esters is 1. The first-order chi connectivity index (χ1) is 10.9. The molecule has 1 atom stereocenters. The molecule has 2 fully saturated rings. The Labute approximate surface area is 132 Å². The summed E-state index contributed by atoms with van der Waals surface area (Å²) in [6, 6.07) is 5.32. The zero-order chi connectivity index (χ0) is 16.4. The van der Waals surface area contributed by atoms with Gasteiger partial charge < -0.3 is 4.74 Å². The van der Waals surface area contributed by atoms with Crippen molar-refractivity contribution in [1.29, 1.82) is 0 Å². The standard InChI is InChI=1S/C16H19F3N2O2/c17-16(18,19)13-3-1-2-12(10-13)11-20-5-7-21(8-6-20)14-4-9-23-15(14)22/h1-3,10,14H,4-9,11H2. The number of piperazine rings is 1. The number of hydrogen-bond donors (Lipinski definition) is 0. The highest BCUT2D eigenvalue weighted by Gasteiger charge is 2.34. The van der Waals surface area contributed by atoms with Crippen molar-refractivity contribution >= 4 is 5.97 Å². The normalized spacial score (nSPS) is 24.0. The summed E-state index contributed by atoms with van der Waals surface area (Å²) in [7, 11) is 0. The highest BCUT2D eigenvalue weighted by molar-refractivity contribution is 5.77. The van der Waals surface area contributed by atoms with Crippen LogP contribution in [-0.2, 0) is 22.3 Å². The van der Waals surface area contributed by atoms with Gasteiger partial charge in [0.2, 0.25) is 0 Å². The van der Waals surface area contributed by atoms with Gasteiger partial charge in [0.05, 0.1) is 12.2 Å². The third kappa shape index (κ3) is 3.84. The second kappa shape index (κ2) is 6.49. The van der Waals surface area contributed by atoms with Crippen molar-refractivity contribution < 1.29 is 22.7 Å². The van der Waals surface area contributed by atoms with Crippen molar-refractivity contribution in [3.63, 3.8) is 0 Å². The SMILES string of the molecule is O=C1OCCC1N1CCN(Cc2cccc(C(F)(F)F)c2)CC1. The molecule has 1 aromatic carbocycles. The quantitative estimate of drug-likeness (QED) is 0.796. The lowest BCUT2D eigenvalue weighted by Gasteiger charge is -2.36. The number of cyclic esters (lactones) is 1. The van der Waals surface area contributed by atoms with Gasteiger partial charge in [-0.05, 0) is 11.6 Å². The Kier molecular flexibility index (Phi) is 4.59. The van der Waals surface area contributed by atoms with Crippen LogP contribution in [-0.4, -0.2) is 54.6 Å². The molecule has 0 aliphatic carbocycles. The fourth-order valence-corrected chi connectivity index (χ4v) is 3.15. The Hall–Kier alpha value is -1.60. The van der Waals surface area contributed by atoms with Crippen LogP contribution >= 0.6 is 0 Å². The Balaban J connectivity index is 1.56. The lowest BCUT2D eigenvalue weighted by Crippen LogP contribution is -2.51. The summed E-state index contributed by atoms with van der Waals surface area (Å²) < 4.78 is 43.2. The molecule has 0 spiro atoms. The van der Waals surface area contributed by atoms with Crippen LogP contribution in [0.25, 0.3) is 0 Å². The Morgan fingerprint density at radius 2 is 1.91 bits per heavy atom. The summed E-state index contributed by atoms with van der Waals surface area (Å²) in [6.07, 6.45) is -3.58. The molecule has 0 amide bonds. The molecule has 2 aliphatic rings.